The molecule has 0 unspecified atom stereocenters. The van der Waals surface area contributed by atoms with Gasteiger partial charge in [-0.3, -0.25) is 14.5 Å². The average molecular weight is 417 g/mol. The van der Waals surface area contributed by atoms with E-state index in [1.165, 1.54) is 22.9 Å². The van der Waals surface area contributed by atoms with Gasteiger partial charge in [-0.15, -0.1) is 11.8 Å². The van der Waals surface area contributed by atoms with E-state index in [-0.39, 0.29) is 17.1 Å². The van der Waals surface area contributed by atoms with Crippen LogP contribution >= 0.6 is 11.8 Å². The van der Waals surface area contributed by atoms with Crippen LogP contribution in [0.25, 0.3) is 0 Å². The minimum Gasteiger partial charge on any atom is -0.360 e. The second-order valence-corrected chi connectivity index (χ2v) is 8.68. The van der Waals surface area contributed by atoms with Crippen molar-refractivity contribution >= 4 is 29.4 Å². The number of aromatic nitrogens is 1. The highest BCUT2D eigenvalue weighted by Gasteiger charge is 2.23. The standard InChI is InChI=1S/C21H28N4O3S/c1-15-6-4-5-7-18(15)13-24-8-10-25(11-9-24)20(26)14-29-17(3)21(27)22-19-12-16(2)28-23-19/h4-7,12,17H,8-11,13-14H2,1-3H3,(H,22,23,27)/t17-/m1/s1. The molecule has 8 heteroatoms. The Bertz CT molecular complexity index is 846. The molecule has 2 heterocycles. The lowest BCUT2D eigenvalue weighted by Gasteiger charge is -2.35. The molecule has 0 saturated carbocycles. The molecule has 2 amide bonds. The molecule has 2 aromatic rings. The highest BCUT2D eigenvalue weighted by atomic mass is 32.2. The van der Waals surface area contributed by atoms with E-state index in [0.717, 1.165) is 32.7 Å². The third kappa shape index (κ3) is 6.08. The summed E-state index contributed by atoms with van der Waals surface area (Å²) in [5.74, 6) is 1.24. The molecule has 1 saturated heterocycles. The van der Waals surface area contributed by atoms with Crippen molar-refractivity contribution in [3.05, 3.63) is 47.2 Å². The molecule has 0 radical (unpaired) electrons. The predicted molar refractivity (Wildman–Crippen MR) is 115 cm³/mol. The van der Waals surface area contributed by atoms with E-state index in [0.29, 0.717) is 17.3 Å². The number of thioether (sulfide) groups is 1. The number of nitrogens with zero attached hydrogens (tertiary/aromatic N) is 3. The summed E-state index contributed by atoms with van der Waals surface area (Å²) in [7, 11) is 0. The number of piperazine rings is 1. The highest BCUT2D eigenvalue weighted by molar-refractivity contribution is 8.01. The molecule has 3 rings (SSSR count). The molecular weight excluding hydrogens is 388 g/mol. The molecule has 1 atom stereocenters. The lowest BCUT2D eigenvalue weighted by molar-refractivity contribution is -0.130. The zero-order valence-electron chi connectivity index (χ0n) is 17.2. The normalized spacial score (nSPS) is 15.9. The summed E-state index contributed by atoms with van der Waals surface area (Å²) in [6.07, 6.45) is 0. The number of carbonyl (C=O) groups is 2. The Hall–Kier alpha value is -2.32. The zero-order chi connectivity index (χ0) is 20.8. The van der Waals surface area contributed by atoms with Gasteiger partial charge in [0.1, 0.15) is 5.76 Å². The van der Waals surface area contributed by atoms with Crippen molar-refractivity contribution in [1.82, 2.24) is 15.0 Å². The molecule has 0 spiro atoms. The molecule has 1 fully saturated rings. The number of amides is 2. The fourth-order valence-electron chi connectivity index (χ4n) is 3.20. The molecule has 7 nitrogen and oxygen atoms in total. The molecule has 0 aliphatic carbocycles. The number of anilines is 1. The van der Waals surface area contributed by atoms with Crippen molar-refractivity contribution in [2.45, 2.75) is 32.6 Å². The van der Waals surface area contributed by atoms with E-state index in [1.807, 2.05) is 4.90 Å². The molecule has 1 aliphatic rings. The van der Waals surface area contributed by atoms with Crippen LogP contribution in [-0.2, 0) is 16.1 Å². The Morgan fingerprint density at radius 2 is 1.93 bits per heavy atom. The van der Waals surface area contributed by atoms with Crippen molar-refractivity contribution in [2.75, 3.05) is 37.2 Å². The molecule has 1 N–H and O–H groups in total. The fourth-order valence-corrected chi connectivity index (χ4v) is 3.99. The summed E-state index contributed by atoms with van der Waals surface area (Å²) in [4.78, 5) is 29.0. The second-order valence-electron chi connectivity index (χ2n) is 7.35. The Labute approximate surface area is 175 Å². The first kappa shape index (κ1) is 21.4. The Balaban J connectivity index is 1.39. The lowest BCUT2D eigenvalue weighted by atomic mass is 10.1. The number of hydrogen-bond acceptors (Lipinski definition) is 6. The minimum atomic E-state index is -0.349. The average Bonchev–Trinajstić information content (AvgIpc) is 3.12. The van der Waals surface area contributed by atoms with Gasteiger partial charge in [0, 0.05) is 38.8 Å². The van der Waals surface area contributed by atoms with E-state index in [9.17, 15) is 9.59 Å². The molecule has 0 bridgehead atoms. The van der Waals surface area contributed by atoms with Crippen LogP contribution in [0.2, 0.25) is 0 Å². The van der Waals surface area contributed by atoms with Gasteiger partial charge in [-0.1, -0.05) is 29.4 Å². The summed E-state index contributed by atoms with van der Waals surface area (Å²) in [5.41, 5.74) is 2.64. The van der Waals surface area contributed by atoms with Crippen molar-refractivity contribution in [3.8, 4) is 0 Å². The Morgan fingerprint density at radius 3 is 2.59 bits per heavy atom. The topological polar surface area (TPSA) is 78.7 Å². The van der Waals surface area contributed by atoms with E-state index < -0.39 is 0 Å². The Kier molecular flexibility index (Phi) is 7.33. The maximum Gasteiger partial charge on any atom is 0.238 e. The van der Waals surface area contributed by atoms with Crippen LogP contribution in [0.5, 0.6) is 0 Å². The maximum absolute atomic E-state index is 12.5. The van der Waals surface area contributed by atoms with Crippen LogP contribution in [0.4, 0.5) is 5.82 Å². The summed E-state index contributed by atoms with van der Waals surface area (Å²) >= 11 is 1.34. The molecule has 29 heavy (non-hydrogen) atoms. The van der Waals surface area contributed by atoms with Crippen LogP contribution in [0.15, 0.2) is 34.9 Å². The largest absolute Gasteiger partial charge is 0.360 e. The molecule has 156 valence electrons. The van der Waals surface area contributed by atoms with Gasteiger partial charge in [0.15, 0.2) is 5.82 Å². The number of carbonyl (C=O) groups excluding carboxylic acids is 2. The minimum absolute atomic E-state index is 0.0856. The first-order chi connectivity index (χ1) is 13.9. The molecular formula is C21H28N4O3S. The number of benzene rings is 1. The van der Waals surface area contributed by atoms with Gasteiger partial charge in [0.2, 0.25) is 11.8 Å². The first-order valence-electron chi connectivity index (χ1n) is 9.83. The first-order valence-corrected chi connectivity index (χ1v) is 10.9. The maximum atomic E-state index is 12.5. The second kappa shape index (κ2) is 9.93. The van der Waals surface area contributed by atoms with Crippen molar-refractivity contribution in [2.24, 2.45) is 0 Å². The number of hydrogen-bond donors (Lipinski definition) is 1. The third-order valence-corrected chi connectivity index (χ3v) is 6.21. The summed E-state index contributed by atoms with van der Waals surface area (Å²) < 4.78 is 4.94. The van der Waals surface area contributed by atoms with Crippen LogP contribution in [0.1, 0.15) is 23.8 Å². The monoisotopic (exact) mass is 416 g/mol. The number of nitrogens with one attached hydrogen (secondary N) is 1. The van der Waals surface area contributed by atoms with Crippen LogP contribution in [0.3, 0.4) is 0 Å². The molecule has 1 aliphatic heterocycles. The van der Waals surface area contributed by atoms with Gasteiger partial charge >= 0.3 is 0 Å². The predicted octanol–water partition coefficient (Wildman–Crippen LogP) is 2.70. The quantitative estimate of drug-likeness (QED) is 0.748. The molecule has 1 aromatic heterocycles. The van der Waals surface area contributed by atoms with E-state index >= 15 is 0 Å². The summed E-state index contributed by atoms with van der Waals surface area (Å²) in [6, 6.07) is 10.1. The summed E-state index contributed by atoms with van der Waals surface area (Å²) in [6.45, 7) is 9.79. The van der Waals surface area contributed by atoms with Crippen LogP contribution < -0.4 is 5.32 Å². The van der Waals surface area contributed by atoms with Gasteiger partial charge in [-0.25, -0.2) is 0 Å². The van der Waals surface area contributed by atoms with Gasteiger partial charge in [-0.05, 0) is 31.9 Å². The van der Waals surface area contributed by atoms with E-state index in [1.54, 1.807) is 19.9 Å². The third-order valence-electron chi connectivity index (χ3n) is 5.09. The lowest BCUT2D eigenvalue weighted by Crippen LogP contribution is -2.49. The van der Waals surface area contributed by atoms with Gasteiger partial charge in [-0.2, -0.15) is 0 Å². The zero-order valence-corrected chi connectivity index (χ0v) is 18.0. The van der Waals surface area contributed by atoms with Gasteiger partial charge in [0.25, 0.3) is 0 Å². The van der Waals surface area contributed by atoms with Crippen LogP contribution in [0, 0.1) is 13.8 Å². The van der Waals surface area contributed by atoms with Crippen molar-refractivity contribution < 1.29 is 14.1 Å². The summed E-state index contributed by atoms with van der Waals surface area (Å²) in [5, 5.41) is 6.11. The number of aryl methyl sites for hydroxylation is 2. The molecule has 1 aromatic carbocycles. The van der Waals surface area contributed by atoms with E-state index in [4.69, 9.17) is 4.52 Å². The van der Waals surface area contributed by atoms with Gasteiger partial charge in [0.05, 0.1) is 11.0 Å². The van der Waals surface area contributed by atoms with E-state index in [2.05, 4.69) is 46.6 Å². The SMILES string of the molecule is Cc1cc(NC(=O)[C@@H](C)SCC(=O)N2CCN(Cc3ccccc3C)CC2)no1. The van der Waals surface area contributed by atoms with Crippen LogP contribution in [-0.4, -0.2) is 64.0 Å². The Morgan fingerprint density at radius 1 is 1.21 bits per heavy atom. The fraction of sp³-hybridized carbons (Fsp3) is 0.476. The van der Waals surface area contributed by atoms with Crippen molar-refractivity contribution in [1.29, 1.82) is 0 Å². The highest BCUT2D eigenvalue weighted by Crippen LogP contribution is 2.17. The van der Waals surface area contributed by atoms with Crippen molar-refractivity contribution in [3.63, 3.8) is 0 Å². The smallest absolute Gasteiger partial charge is 0.238 e. The van der Waals surface area contributed by atoms with Gasteiger partial charge < -0.3 is 14.7 Å². The number of rotatable bonds is 7.